The fraction of sp³-hybridized carbons (Fsp3) is 0.250. The third-order valence-electron chi connectivity index (χ3n) is 2.48. The monoisotopic (exact) mass is 203 g/mol. The van der Waals surface area contributed by atoms with Gasteiger partial charge in [-0.1, -0.05) is 24.3 Å². The second kappa shape index (κ2) is 4.28. The Balaban J connectivity index is 2.30. The van der Waals surface area contributed by atoms with Gasteiger partial charge in [0.15, 0.2) is 0 Å². The maximum atomic E-state index is 11.4. The van der Waals surface area contributed by atoms with Crippen LogP contribution < -0.4 is 5.32 Å². The molecule has 1 heterocycles. The summed E-state index contributed by atoms with van der Waals surface area (Å²) >= 11 is 0. The van der Waals surface area contributed by atoms with Gasteiger partial charge >= 0.3 is 0 Å². The van der Waals surface area contributed by atoms with Crippen molar-refractivity contribution in [1.82, 2.24) is 5.32 Å². The molecule has 2 N–H and O–H groups in total. The smallest absolute Gasteiger partial charge is 0.251 e. The normalized spacial score (nSPS) is 14.3. The number of carbonyl (C=O) groups excluding carboxylic acids is 1. The van der Waals surface area contributed by atoms with Crippen LogP contribution in [0.1, 0.15) is 27.9 Å². The van der Waals surface area contributed by atoms with E-state index in [1.807, 2.05) is 30.4 Å². The van der Waals surface area contributed by atoms with Crippen molar-refractivity contribution in [2.24, 2.45) is 0 Å². The highest BCUT2D eigenvalue weighted by atomic mass is 16.2. The minimum absolute atomic E-state index is 0.00223. The molecule has 0 saturated carbocycles. The average molecular weight is 203 g/mol. The molecule has 0 aliphatic carbocycles. The summed E-state index contributed by atoms with van der Waals surface area (Å²) in [4.78, 5) is 11.4. The molecule has 3 heteroatoms. The van der Waals surface area contributed by atoms with Gasteiger partial charge in [0.2, 0.25) is 0 Å². The predicted molar refractivity (Wildman–Crippen MR) is 58.3 cm³/mol. The van der Waals surface area contributed by atoms with Gasteiger partial charge in [-0.15, -0.1) is 0 Å². The Labute approximate surface area is 88.4 Å². The van der Waals surface area contributed by atoms with Gasteiger partial charge in [-0.25, -0.2) is 0 Å². The molecule has 0 atom stereocenters. The van der Waals surface area contributed by atoms with Crippen molar-refractivity contribution in [2.75, 3.05) is 6.61 Å². The van der Waals surface area contributed by atoms with Gasteiger partial charge in [-0.05, 0) is 23.6 Å². The van der Waals surface area contributed by atoms with Crippen molar-refractivity contribution in [2.45, 2.75) is 13.0 Å². The quantitative estimate of drug-likeness (QED) is 0.778. The lowest BCUT2D eigenvalue weighted by Gasteiger charge is -2.00. The van der Waals surface area contributed by atoms with Gasteiger partial charge in [0, 0.05) is 18.7 Å². The molecule has 78 valence electrons. The standard InChI is InChI=1S/C12H13NO2/c14-7-2-1-4-9-5-3-6-10-11(9)8-13-12(10)15/h1,3-6,14H,2,7-8H2,(H,13,15). The fourth-order valence-electron chi connectivity index (χ4n) is 1.72. The van der Waals surface area contributed by atoms with Crippen LogP contribution >= 0.6 is 0 Å². The van der Waals surface area contributed by atoms with E-state index in [9.17, 15) is 4.79 Å². The molecule has 1 aliphatic rings. The molecular weight excluding hydrogens is 190 g/mol. The topological polar surface area (TPSA) is 49.3 Å². The van der Waals surface area contributed by atoms with Gasteiger partial charge in [-0.3, -0.25) is 4.79 Å². The summed E-state index contributed by atoms with van der Waals surface area (Å²) in [6.07, 6.45) is 4.51. The number of amides is 1. The van der Waals surface area contributed by atoms with Crippen molar-refractivity contribution in [3.05, 3.63) is 41.0 Å². The molecule has 0 radical (unpaired) electrons. The highest BCUT2D eigenvalue weighted by Gasteiger charge is 2.19. The van der Waals surface area contributed by atoms with E-state index in [4.69, 9.17) is 5.11 Å². The van der Waals surface area contributed by atoms with E-state index >= 15 is 0 Å². The number of rotatable bonds is 3. The number of benzene rings is 1. The van der Waals surface area contributed by atoms with Crippen LogP contribution in [0.15, 0.2) is 24.3 Å². The van der Waals surface area contributed by atoms with Gasteiger partial charge < -0.3 is 10.4 Å². The lowest BCUT2D eigenvalue weighted by Crippen LogP contribution is -2.12. The highest BCUT2D eigenvalue weighted by Crippen LogP contribution is 2.20. The van der Waals surface area contributed by atoms with Gasteiger partial charge in [0.25, 0.3) is 5.91 Å². The molecule has 1 aromatic carbocycles. The second-order valence-corrected chi connectivity index (χ2v) is 3.47. The molecule has 0 aromatic heterocycles. The molecule has 0 spiro atoms. The Kier molecular flexibility index (Phi) is 2.83. The third kappa shape index (κ3) is 1.92. The summed E-state index contributed by atoms with van der Waals surface area (Å²) in [5.41, 5.74) is 2.87. The van der Waals surface area contributed by atoms with Crippen LogP contribution in [0.3, 0.4) is 0 Å². The van der Waals surface area contributed by atoms with Crippen molar-refractivity contribution < 1.29 is 9.90 Å². The third-order valence-corrected chi connectivity index (χ3v) is 2.48. The van der Waals surface area contributed by atoms with E-state index in [2.05, 4.69) is 5.32 Å². The number of aliphatic hydroxyl groups excluding tert-OH is 1. The van der Waals surface area contributed by atoms with E-state index in [0.29, 0.717) is 13.0 Å². The molecular formula is C12H13NO2. The average Bonchev–Trinajstić information content (AvgIpc) is 2.62. The lowest BCUT2D eigenvalue weighted by molar-refractivity contribution is 0.0966. The van der Waals surface area contributed by atoms with Gasteiger partial charge in [0.1, 0.15) is 0 Å². The van der Waals surface area contributed by atoms with Gasteiger partial charge in [0.05, 0.1) is 0 Å². The second-order valence-electron chi connectivity index (χ2n) is 3.47. The Bertz CT molecular complexity index is 410. The number of aliphatic hydroxyl groups is 1. The summed E-state index contributed by atoms with van der Waals surface area (Å²) in [6.45, 7) is 0.760. The molecule has 2 rings (SSSR count). The Morgan fingerprint density at radius 1 is 1.47 bits per heavy atom. The number of carbonyl (C=O) groups is 1. The van der Waals surface area contributed by atoms with E-state index in [0.717, 1.165) is 16.7 Å². The Hall–Kier alpha value is -1.61. The number of hydrogen-bond donors (Lipinski definition) is 2. The maximum absolute atomic E-state index is 11.4. The summed E-state index contributed by atoms with van der Waals surface area (Å²) in [7, 11) is 0. The minimum Gasteiger partial charge on any atom is -0.396 e. The molecule has 15 heavy (non-hydrogen) atoms. The minimum atomic E-state index is 0.00223. The first-order valence-corrected chi connectivity index (χ1v) is 5.00. The first-order chi connectivity index (χ1) is 7.33. The van der Waals surface area contributed by atoms with Crippen LogP contribution in [0, 0.1) is 0 Å². The lowest BCUT2D eigenvalue weighted by atomic mass is 10.0. The largest absolute Gasteiger partial charge is 0.396 e. The van der Waals surface area contributed by atoms with Crippen LogP contribution in [0.25, 0.3) is 6.08 Å². The van der Waals surface area contributed by atoms with E-state index < -0.39 is 0 Å². The van der Waals surface area contributed by atoms with Crippen LogP contribution in [-0.2, 0) is 6.54 Å². The van der Waals surface area contributed by atoms with Crippen LogP contribution in [0.4, 0.5) is 0 Å². The number of fused-ring (bicyclic) bond motifs is 1. The van der Waals surface area contributed by atoms with Crippen molar-refractivity contribution in [3.63, 3.8) is 0 Å². The summed E-state index contributed by atoms with van der Waals surface area (Å²) in [5, 5.41) is 11.5. The molecule has 1 aromatic rings. The predicted octanol–water partition coefficient (Wildman–Crippen LogP) is 1.33. The first-order valence-electron chi connectivity index (χ1n) is 5.00. The Morgan fingerprint density at radius 3 is 3.13 bits per heavy atom. The maximum Gasteiger partial charge on any atom is 0.251 e. The molecule has 0 bridgehead atoms. The summed E-state index contributed by atoms with van der Waals surface area (Å²) < 4.78 is 0. The summed E-state index contributed by atoms with van der Waals surface area (Å²) in [6, 6.07) is 5.69. The Morgan fingerprint density at radius 2 is 2.33 bits per heavy atom. The molecule has 1 amide bonds. The molecule has 0 unspecified atom stereocenters. The zero-order valence-electron chi connectivity index (χ0n) is 8.36. The van der Waals surface area contributed by atoms with Crippen LogP contribution in [-0.4, -0.2) is 17.6 Å². The van der Waals surface area contributed by atoms with Crippen LogP contribution in [0.2, 0.25) is 0 Å². The van der Waals surface area contributed by atoms with E-state index in [-0.39, 0.29) is 12.5 Å². The molecule has 0 fully saturated rings. The fourth-order valence-corrected chi connectivity index (χ4v) is 1.72. The van der Waals surface area contributed by atoms with E-state index in [1.165, 1.54) is 0 Å². The van der Waals surface area contributed by atoms with Gasteiger partial charge in [-0.2, -0.15) is 0 Å². The highest BCUT2D eigenvalue weighted by molar-refractivity contribution is 5.99. The van der Waals surface area contributed by atoms with Crippen molar-refractivity contribution >= 4 is 12.0 Å². The number of nitrogens with one attached hydrogen (secondary N) is 1. The van der Waals surface area contributed by atoms with E-state index in [1.54, 1.807) is 0 Å². The first kappa shape index (κ1) is 9.93. The molecule has 1 aliphatic heterocycles. The zero-order valence-corrected chi connectivity index (χ0v) is 8.36. The zero-order chi connectivity index (χ0) is 10.7. The molecule has 0 saturated heterocycles. The van der Waals surface area contributed by atoms with Crippen LogP contribution in [0.5, 0.6) is 0 Å². The van der Waals surface area contributed by atoms with Crippen molar-refractivity contribution in [3.8, 4) is 0 Å². The number of hydrogen-bond acceptors (Lipinski definition) is 2. The molecule has 3 nitrogen and oxygen atoms in total. The summed E-state index contributed by atoms with van der Waals surface area (Å²) in [5.74, 6) is 0.00223. The SMILES string of the molecule is O=C1NCc2c(C=CCCO)cccc21. The van der Waals surface area contributed by atoms with Crippen molar-refractivity contribution in [1.29, 1.82) is 0 Å².